The van der Waals surface area contributed by atoms with E-state index in [1.54, 1.807) is 7.05 Å². The molecular weight excluding hydrogens is 486 g/mol. The maximum atomic E-state index is 11.4. The van der Waals surface area contributed by atoms with Crippen LogP contribution in [0.4, 0.5) is 0 Å². The van der Waals surface area contributed by atoms with Gasteiger partial charge in [0.05, 0.1) is 6.33 Å². The number of hydrogen-bond acceptors (Lipinski definition) is 4. The summed E-state index contributed by atoms with van der Waals surface area (Å²) in [6.07, 6.45) is 30.2. The maximum absolute atomic E-state index is 11.4. The summed E-state index contributed by atoms with van der Waals surface area (Å²) in [7, 11) is 3.01. The lowest BCUT2D eigenvalue weighted by atomic mass is 9.82. The van der Waals surface area contributed by atoms with E-state index >= 15 is 0 Å². The molecule has 0 radical (unpaired) electrons. The predicted molar refractivity (Wildman–Crippen MR) is 167 cm³/mol. The van der Waals surface area contributed by atoms with Crippen LogP contribution in [0.25, 0.3) is 11.2 Å². The first-order valence-electron chi connectivity index (χ1n) is 16.2. The summed E-state index contributed by atoms with van der Waals surface area (Å²) >= 11 is 0. The van der Waals surface area contributed by atoms with Gasteiger partial charge >= 0.3 is 5.69 Å². The van der Waals surface area contributed by atoms with Gasteiger partial charge in [0.25, 0.3) is 5.56 Å². The van der Waals surface area contributed by atoms with Crippen LogP contribution in [-0.4, -0.2) is 24.6 Å². The molecule has 0 amide bonds. The van der Waals surface area contributed by atoms with Crippen molar-refractivity contribution >= 4 is 11.2 Å². The third-order valence-electron chi connectivity index (χ3n) is 8.11. The number of nitrogens with zero attached hydrogens (tertiary/aromatic N) is 3. The Balaban J connectivity index is 0.000000480. The molecule has 0 spiro atoms. The number of hydrogen-bond donors (Lipinski definition) is 2. The number of aryl methyl sites for hydroxylation is 1. The normalized spacial score (nSPS) is 11.6. The highest BCUT2D eigenvalue weighted by Gasteiger charge is 2.23. The number of nitrogens with one attached hydrogen (secondary N) is 1. The van der Waals surface area contributed by atoms with Crippen molar-refractivity contribution in [3.05, 3.63) is 27.2 Å². The van der Waals surface area contributed by atoms with Crippen molar-refractivity contribution in [1.29, 1.82) is 0 Å². The molecule has 0 bridgehead atoms. The first-order chi connectivity index (χ1) is 18.8. The molecule has 2 aromatic heterocycles. The summed E-state index contributed by atoms with van der Waals surface area (Å²) in [6, 6.07) is 0. The van der Waals surface area contributed by atoms with Gasteiger partial charge in [-0.25, -0.2) is 9.78 Å². The van der Waals surface area contributed by atoms with Gasteiger partial charge in [-0.05, 0) is 19.3 Å². The monoisotopic (exact) mass is 547 g/mol. The van der Waals surface area contributed by atoms with Gasteiger partial charge in [0.1, 0.15) is 5.52 Å². The average Bonchev–Trinajstić information content (AvgIpc) is 3.43. The van der Waals surface area contributed by atoms with Gasteiger partial charge in [-0.15, -0.1) is 0 Å². The summed E-state index contributed by atoms with van der Waals surface area (Å²) in [5.41, 5.74) is 7.07. The second kappa shape index (κ2) is 20.9. The van der Waals surface area contributed by atoms with Crippen molar-refractivity contribution in [1.82, 2.24) is 19.1 Å². The smallest absolute Gasteiger partial charge is 0.332 e. The van der Waals surface area contributed by atoms with Gasteiger partial charge in [0.2, 0.25) is 0 Å². The van der Waals surface area contributed by atoms with Gasteiger partial charge in [-0.1, -0.05) is 136 Å². The number of nitrogens with two attached hydrogens (primary N) is 1. The van der Waals surface area contributed by atoms with Crippen molar-refractivity contribution in [3.8, 4) is 0 Å². The molecule has 2 heterocycles. The van der Waals surface area contributed by atoms with Crippen LogP contribution < -0.4 is 17.0 Å². The molecule has 0 aliphatic carbocycles. The Hall–Kier alpha value is -1.89. The highest BCUT2D eigenvalue weighted by molar-refractivity contribution is 5.68. The number of fused-ring (bicyclic) bond motifs is 1. The zero-order valence-electron chi connectivity index (χ0n) is 26.2. The molecule has 0 saturated carbocycles. The molecule has 0 aromatic carbocycles. The Kier molecular flexibility index (Phi) is 18.9. The first kappa shape index (κ1) is 35.1. The van der Waals surface area contributed by atoms with Crippen LogP contribution >= 0.6 is 0 Å². The molecule has 0 saturated heterocycles. The van der Waals surface area contributed by atoms with Crippen LogP contribution in [0.15, 0.2) is 15.9 Å². The Bertz CT molecular complexity index is 950. The minimum atomic E-state index is -0.371. The van der Waals surface area contributed by atoms with Crippen molar-refractivity contribution in [2.75, 3.05) is 0 Å². The van der Waals surface area contributed by atoms with Crippen LogP contribution in [-0.2, 0) is 14.1 Å². The molecule has 2 rings (SSSR count). The molecule has 0 atom stereocenters. The third-order valence-corrected chi connectivity index (χ3v) is 8.11. The average molecular weight is 548 g/mol. The topological polar surface area (TPSA) is 98.7 Å². The fourth-order valence-corrected chi connectivity index (χ4v) is 5.42. The number of H-pyrrole nitrogens is 1. The van der Waals surface area contributed by atoms with Gasteiger partial charge in [-0.3, -0.25) is 13.9 Å². The summed E-state index contributed by atoms with van der Waals surface area (Å²) < 4.78 is 2.37. The minimum Gasteiger partial charge on any atom is -0.339 e. The van der Waals surface area contributed by atoms with Crippen LogP contribution in [0.2, 0.25) is 0 Å². The highest BCUT2D eigenvalue weighted by Crippen LogP contribution is 2.27. The van der Waals surface area contributed by atoms with Gasteiger partial charge in [0, 0.05) is 19.6 Å². The van der Waals surface area contributed by atoms with Crippen molar-refractivity contribution in [2.45, 2.75) is 161 Å². The largest absolute Gasteiger partial charge is 0.339 e. The van der Waals surface area contributed by atoms with Crippen LogP contribution in [0.5, 0.6) is 0 Å². The lowest BCUT2D eigenvalue weighted by molar-refractivity contribution is 0.302. The van der Waals surface area contributed by atoms with E-state index in [0.717, 1.165) is 4.57 Å². The Morgan fingerprint density at radius 3 is 1.46 bits per heavy atom. The van der Waals surface area contributed by atoms with E-state index in [0.29, 0.717) is 11.2 Å². The Morgan fingerprint density at radius 1 is 0.667 bits per heavy atom. The van der Waals surface area contributed by atoms with E-state index in [1.807, 2.05) is 0 Å². The molecule has 0 unspecified atom stereocenters. The van der Waals surface area contributed by atoms with E-state index in [-0.39, 0.29) is 16.8 Å². The number of unbranched alkanes of at least 4 members (excludes halogenated alkanes) is 15. The van der Waals surface area contributed by atoms with E-state index in [1.165, 1.54) is 153 Å². The molecule has 7 heteroatoms. The molecule has 0 aliphatic rings. The summed E-state index contributed by atoms with van der Waals surface area (Å²) in [6.45, 7) is 6.89. The van der Waals surface area contributed by atoms with E-state index in [2.05, 4.69) is 30.7 Å². The SMILES string of the molecule is CCCCCCCCC(N)(CCCCCCCC)CCCCCCCC.Cn1c(=O)c2[nH]cnc2n(C)c1=O. The second-order valence-electron chi connectivity index (χ2n) is 11.7. The minimum absolute atomic E-state index is 0.139. The predicted octanol–water partition coefficient (Wildman–Crippen LogP) is 7.90. The standard InChI is InChI=1S/C25H53N.C7H8N4O2/c1-4-7-10-13-16-19-22-25(26,23-20-17-14-11-8-5-2)24-21-18-15-12-9-6-3;1-10-5-4(8-3-9-5)6(12)11(2)7(10)13/h4-24,26H2,1-3H3;3H,1-2H3,(H,8,9). The molecule has 0 fully saturated rings. The third kappa shape index (κ3) is 13.8. The van der Waals surface area contributed by atoms with Crippen molar-refractivity contribution in [2.24, 2.45) is 19.8 Å². The first-order valence-corrected chi connectivity index (χ1v) is 16.2. The van der Waals surface area contributed by atoms with E-state index in [9.17, 15) is 9.59 Å². The molecule has 226 valence electrons. The molecule has 0 aliphatic heterocycles. The lowest BCUT2D eigenvalue weighted by Crippen LogP contribution is -2.39. The highest BCUT2D eigenvalue weighted by atomic mass is 16.2. The van der Waals surface area contributed by atoms with E-state index in [4.69, 9.17) is 5.73 Å². The fourth-order valence-electron chi connectivity index (χ4n) is 5.42. The van der Waals surface area contributed by atoms with Crippen molar-refractivity contribution < 1.29 is 0 Å². The molecular formula is C32H61N5O2. The molecule has 39 heavy (non-hydrogen) atoms. The molecule has 7 nitrogen and oxygen atoms in total. The number of rotatable bonds is 21. The van der Waals surface area contributed by atoms with Crippen LogP contribution in [0.1, 0.15) is 156 Å². The summed E-state index contributed by atoms with van der Waals surface area (Å²) in [5, 5.41) is 0. The quantitative estimate of drug-likeness (QED) is 0.155. The van der Waals surface area contributed by atoms with Gasteiger partial charge in [0.15, 0.2) is 5.65 Å². The zero-order valence-corrected chi connectivity index (χ0v) is 26.2. The number of aromatic amines is 1. The molecule has 3 N–H and O–H groups in total. The lowest BCUT2D eigenvalue weighted by Gasteiger charge is -2.30. The Labute approximate surface area is 238 Å². The van der Waals surface area contributed by atoms with E-state index < -0.39 is 0 Å². The van der Waals surface area contributed by atoms with Gasteiger partial charge in [-0.2, -0.15) is 0 Å². The van der Waals surface area contributed by atoms with Crippen LogP contribution in [0, 0.1) is 0 Å². The number of imidazole rings is 1. The maximum Gasteiger partial charge on any atom is 0.332 e. The second-order valence-corrected chi connectivity index (χ2v) is 11.7. The Morgan fingerprint density at radius 2 is 1.05 bits per heavy atom. The van der Waals surface area contributed by atoms with Crippen molar-refractivity contribution in [3.63, 3.8) is 0 Å². The number of aromatic nitrogens is 4. The van der Waals surface area contributed by atoms with Gasteiger partial charge < -0.3 is 10.7 Å². The summed E-state index contributed by atoms with van der Waals surface area (Å²) in [4.78, 5) is 29.4. The summed E-state index contributed by atoms with van der Waals surface area (Å²) in [5.74, 6) is 0. The zero-order chi connectivity index (χ0) is 28.9. The fraction of sp³-hybridized carbons (Fsp3) is 0.844. The van der Waals surface area contributed by atoms with Crippen LogP contribution in [0.3, 0.4) is 0 Å². The molecule has 2 aromatic rings.